The van der Waals surface area contributed by atoms with E-state index in [9.17, 15) is 23.2 Å². The molecule has 10 heteroatoms. The van der Waals surface area contributed by atoms with Gasteiger partial charge in [-0.3, -0.25) is 14.4 Å². The van der Waals surface area contributed by atoms with Crippen molar-refractivity contribution in [3.05, 3.63) is 65.2 Å². The molecular formula is C22H24F2N4O4. The van der Waals surface area contributed by atoms with E-state index in [2.05, 4.69) is 5.32 Å². The van der Waals surface area contributed by atoms with Crippen molar-refractivity contribution in [3.8, 4) is 5.75 Å². The summed E-state index contributed by atoms with van der Waals surface area (Å²) in [5.41, 5.74) is 5.49. The first-order valence-corrected chi connectivity index (χ1v) is 10.1. The summed E-state index contributed by atoms with van der Waals surface area (Å²) in [5, 5.41) is 2.60. The number of amides is 3. The van der Waals surface area contributed by atoms with E-state index < -0.39 is 35.5 Å². The van der Waals surface area contributed by atoms with Gasteiger partial charge in [-0.1, -0.05) is 6.07 Å². The maximum atomic E-state index is 13.7. The van der Waals surface area contributed by atoms with Crippen LogP contribution in [0.15, 0.2) is 42.5 Å². The second-order valence-corrected chi connectivity index (χ2v) is 7.19. The summed E-state index contributed by atoms with van der Waals surface area (Å²) in [4.78, 5) is 41.8. The fourth-order valence-electron chi connectivity index (χ4n) is 3.58. The predicted octanol–water partition coefficient (Wildman–Crippen LogP) is 1.36. The van der Waals surface area contributed by atoms with Crippen LogP contribution in [0.3, 0.4) is 0 Å². The molecule has 0 saturated carbocycles. The zero-order valence-corrected chi connectivity index (χ0v) is 17.5. The van der Waals surface area contributed by atoms with E-state index in [4.69, 9.17) is 10.5 Å². The van der Waals surface area contributed by atoms with Gasteiger partial charge in [-0.05, 0) is 36.8 Å². The quantitative estimate of drug-likeness (QED) is 0.697. The van der Waals surface area contributed by atoms with Gasteiger partial charge >= 0.3 is 0 Å². The van der Waals surface area contributed by atoms with Crippen molar-refractivity contribution in [1.82, 2.24) is 15.1 Å². The zero-order chi connectivity index (χ0) is 23.3. The van der Waals surface area contributed by atoms with E-state index in [-0.39, 0.29) is 37.3 Å². The summed E-state index contributed by atoms with van der Waals surface area (Å²) in [6.07, 6.45) is -0.937. The molecule has 0 aliphatic carbocycles. The van der Waals surface area contributed by atoms with Crippen molar-refractivity contribution in [2.45, 2.75) is 12.6 Å². The molecule has 1 aliphatic rings. The molecule has 3 N–H and O–H groups in total. The van der Waals surface area contributed by atoms with Gasteiger partial charge in [-0.2, -0.15) is 0 Å². The first-order chi connectivity index (χ1) is 15.3. The highest BCUT2D eigenvalue weighted by Gasteiger charge is 2.40. The van der Waals surface area contributed by atoms with Gasteiger partial charge in [0.05, 0.1) is 7.11 Å². The standard InChI is InChI=1S/C22H24F2N4O4/c1-32-18-5-2-4-14(12-18)21(30)27-8-3-9-28(20(27)19(29)26-7-6-25)22(31)15-10-16(23)13-17(24)11-15/h2,4-5,10-13,20H,3,6-9,25H2,1H3,(H,26,29). The lowest BCUT2D eigenvalue weighted by molar-refractivity contribution is -0.132. The molecule has 3 rings (SSSR count). The Kier molecular flexibility index (Phi) is 7.37. The summed E-state index contributed by atoms with van der Waals surface area (Å²) in [6.45, 7) is 0.621. The minimum atomic E-state index is -1.31. The number of hydrogen-bond donors (Lipinski definition) is 2. The van der Waals surface area contributed by atoms with Crippen molar-refractivity contribution < 1.29 is 27.9 Å². The Bertz CT molecular complexity index is 997. The number of rotatable bonds is 6. The number of benzene rings is 2. The Balaban J connectivity index is 1.97. The molecule has 0 spiro atoms. The van der Waals surface area contributed by atoms with Crippen LogP contribution in [0.4, 0.5) is 8.78 Å². The van der Waals surface area contributed by atoms with E-state index in [1.54, 1.807) is 18.2 Å². The molecule has 1 unspecified atom stereocenters. The second kappa shape index (κ2) is 10.2. The molecule has 2 aromatic rings. The summed E-state index contributed by atoms with van der Waals surface area (Å²) < 4.78 is 32.6. The fraction of sp³-hybridized carbons (Fsp3) is 0.318. The Morgan fingerprint density at radius 1 is 1.03 bits per heavy atom. The van der Waals surface area contributed by atoms with Crippen LogP contribution in [0.5, 0.6) is 5.75 Å². The highest BCUT2D eigenvalue weighted by Crippen LogP contribution is 2.23. The number of nitrogens with one attached hydrogen (secondary N) is 1. The van der Waals surface area contributed by atoms with Gasteiger partial charge < -0.3 is 25.6 Å². The molecule has 1 atom stereocenters. The van der Waals surface area contributed by atoms with E-state index in [1.165, 1.54) is 18.1 Å². The summed E-state index contributed by atoms with van der Waals surface area (Å²) >= 11 is 0. The molecular weight excluding hydrogens is 422 g/mol. The van der Waals surface area contributed by atoms with Crippen molar-refractivity contribution >= 4 is 17.7 Å². The topological polar surface area (TPSA) is 105 Å². The van der Waals surface area contributed by atoms with Gasteiger partial charge in [-0.15, -0.1) is 0 Å². The summed E-state index contributed by atoms with van der Waals surface area (Å²) in [5.74, 6) is -3.24. The average Bonchev–Trinajstić information content (AvgIpc) is 2.80. The number of halogens is 2. The molecule has 2 aromatic carbocycles. The number of hydrogen-bond acceptors (Lipinski definition) is 5. The van der Waals surface area contributed by atoms with Crippen LogP contribution >= 0.6 is 0 Å². The van der Waals surface area contributed by atoms with Gasteiger partial charge in [0, 0.05) is 43.4 Å². The molecule has 3 amide bonds. The first kappa shape index (κ1) is 23.1. The number of carbonyl (C=O) groups is 3. The zero-order valence-electron chi connectivity index (χ0n) is 17.5. The molecule has 0 bridgehead atoms. The van der Waals surface area contributed by atoms with Gasteiger partial charge in [-0.25, -0.2) is 8.78 Å². The number of nitrogens with two attached hydrogens (primary N) is 1. The molecule has 170 valence electrons. The average molecular weight is 446 g/mol. The third-order valence-corrected chi connectivity index (χ3v) is 5.01. The molecule has 1 saturated heterocycles. The van der Waals surface area contributed by atoms with Gasteiger partial charge in [0.15, 0.2) is 6.17 Å². The lowest BCUT2D eigenvalue weighted by atomic mass is 10.1. The maximum absolute atomic E-state index is 13.7. The summed E-state index contributed by atoms with van der Waals surface area (Å²) in [7, 11) is 1.46. The van der Waals surface area contributed by atoms with Crippen molar-refractivity contribution in [2.75, 3.05) is 33.3 Å². The number of nitrogens with zero attached hydrogens (tertiary/aromatic N) is 2. The van der Waals surface area contributed by atoms with Crippen LogP contribution in [0, 0.1) is 11.6 Å². The van der Waals surface area contributed by atoms with E-state index >= 15 is 0 Å². The minimum Gasteiger partial charge on any atom is -0.497 e. The third-order valence-electron chi connectivity index (χ3n) is 5.01. The van der Waals surface area contributed by atoms with Crippen LogP contribution in [0.1, 0.15) is 27.1 Å². The van der Waals surface area contributed by atoms with Gasteiger partial charge in [0.1, 0.15) is 17.4 Å². The van der Waals surface area contributed by atoms with Crippen molar-refractivity contribution in [2.24, 2.45) is 5.73 Å². The number of ether oxygens (including phenoxy) is 1. The molecule has 32 heavy (non-hydrogen) atoms. The Morgan fingerprint density at radius 2 is 1.66 bits per heavy atom. The number of carbonyl (C=O) groups excluding carboxylic acids is 3. The number of methoxy groups -OCH3 is 1. The molecule has 8 nitrogen and oxygen atoms in total. The van der Waals surface area contributed by atoms with Crippen LogP contribution in [0.2, 0.25) is 0 Å². The smallest absolute Gasteiger partial charge is 0.263 e. The van der Waals surface area contributed by atoms with Crippen molar-refractivity contribution in [1.29, 1.82) is 0 Å². The van der Waals surface area contributed by atoms with E-state index in [0.29, 0.717) is 18.2 Å². The molecule has 1 aliphatic heterocycles. The highest BCUT2D eigenvalue weighted by atomic mass is 19.1. The Labute approximate surface area is 183 Å². The second-order valence-electron chi connectivity index (χ2n) is 7.19. The monoisotopic (exact) mass is 446 g/mol. The normalized spacial score (nSPS) is 15.9. The summed E-state index contributed by atoms with van der Waals surface area (Å²) in [6, 6.07) is 8.84. The highest BCUT2D eigenvalue weighted by molar-refractivity contribution is 6.01. The lowest BCUT2D eigenvalue weighted by Crippen LogP contribution is -2.63. The minimum absolute atomic E-state index is 0.125. The van der Waals surface area contributed by atoms with Gasteiger partial charge in [0.25, 0.3) is 17.7 Å². The SMILES string of the molecule is COc1cccc(C(=O)N2CCCN(C(=O)c3cc(F)cc(F)c3)C2C(=O)NCCN)c1. The molecule has 1 heterocycles. The van der Waals surface area contributed by atoms with Crippen molar-refractivity contribution in [3.63, 3.8) is 0 Å². The Morgan fingerprint density at radius 3 is 2.25 bits per heavy atom. The molecule has 0 aromatic heterocycles. The third kappa shape index (κ3) is 5.02. The largest absolute Gasteiger partial charge is 0.497 e. The van der Waals surface area contributed by atoms with Crippen LogP contribution in [0.25, 0.3) is 0 Å². The van der Waals surface area contributed by atoms with E-state index in [0.717, 1.165) is 17.0 Å². The fourth-order valence-corrected chi connectivity index (χ4v) is 3.58. The molecule has 0 radical (unpaired) electrons. The van der Waals surface area contributed by atoms with Gasteiger partial charge in [0.2, 0.25) is 0 Å². The Hall–Kier alpha value is -3.53. The van der Waals surface area contributed by atoms with Crippen LogP contribution in [-0.4, -0.2) is 67.0 Å². The van der Waals surface area contributed by atoms with E-state index in [1.807, 2.05) is 0 Å². The predicted molar refractivity (Wildman–Crippen MR) is 112 cm³/mol. The first-order valence-electron chi connectivity index (χ1n) is 10.1. The lowest BCUT2D eigenvalue weighted by Gasteiger charge is -2.42. The van der Waals surface area contributed by atoms with Crippen LogP contribution in [-0.2, 0) is 4.79 Å². The molecule has 1 fully saturated rings. The maximum Gasteiger partial charge on any atom is 0.263 e. The van der Waals surface area contributed by atoms with Crippen LogP contribution < -0.4 is 15.8 Å².